The van der Waals surface area contributed by atoms with Crippen molar-refractivity contribution in [3.63, 3.8) is 0 Å². The molecule has 0 aromatic carbocycles. The van der Waals surface area contributed by atoms with Crippen LogP contribution in [0.4, 0.5) is 0 Å². The molecule has 0 spiro atoms. The predicted octanol–water partition coefficient (Wildman–Crippen LogP) is 4.12. The molecule has 8 unspecified atom stereocenters. The van der Waals surface area contributed by atoms with Gasteiger partial charge in [0.15, 0.2) is 18.3 Å². The van der Waals surface area contributed by atoms with E-state index in [1.54, 1.807) is 40.7 Å². The molecule has 3 rings (SSSR count). The lowest BCUT2D eigenvalue weighted by Crippen LogP contribution is -2.55. The lowest BCUT2D eigenvalue weighted by atomic mass is 9.78. The van der Waals surface area contributed by atoms with E-state index in [0.29, 0.717) is 23.1 Å². The highest BCUT2D eigenvalue weighted by Gasteiger charge is 2.70. The molecule has 230 valence electrons. The summed E-state index contributed by atoms with van der Waals surface area (Å²) >= 11 is 0. The Balaban J connectivity index is 2.14. The van der Waals surface area contributed by atoms with Crippen molar-refractivity contribution < 1.29 is 48.0 Å². The SMILES string of the molecule is CC=C(C)C(=O)OC1C(C)=C2C(C1OC(=O)CCCCCCC)C(C)(OC(C)=O)CC(O)C1(OC)C(C)C(=O)OC21. The number of aliphatic hydroxyl groups excluding tert-OH is 1. The molecule has 10 nitrogen and oxygen atoms in total. The van der Waals surface area contributed by atoms with Gasteiger partial charge in [-0.2, -0.15) is 0 Å². The summed E-state index contributed by atoms with van der Waals surface area (Å²) in [6, 6.07) is 0. The highest BCUT2D eigenvalue weighted by Crippen LogP contribution is 2.57. The van der Waals surface area contributed by atoms with Crippen molar-refractivity contribution >= 4 is 23.9 Å². The smallest absolute Gasteiger partial charge is 0.334 e. The zero-order chi connectivity index (χ0) is 30.7. The second kappa shape index (κ2) is 13.1. The number of unbranched alkanes of at least 4 members (excludes halogenated alkanes) is 4. The summed E-state index contributed by atoms with van der Waals surface area (Å²) in [5.74, 6) is -3.99. The Morgan fingerprint density at radius 3 is 2.37 bits per heavy atom. The molecule has 10 heteroatoms. The maximum Gasteiger partial charge on any atom is 0.334 e. The Morgan fingerprint density at radius 2 is 1.78 bits per heavy atom. The summed E-state index contributed by atoms with van der Waals surface area (Å²) in [7, 11) is 1.39. The van der Waals surface area contributed by atoms with Crippen LogP contribution >= 0.6 is 0 Å². The minimum absolute atomic E-state index is 0.140. The molecule has 1 saturated carbocycles. The number of methoxy groups -OCH3 is 1. The van der Waals surface area contributed by atoms with Crippen molar-refractivity contribution in [2.24, 2.45) is 11.8 Å². The number of carbonyl (C=O) groups excluding carboxylic acids is 4. The summed E-state index contributed by atoms with van der Waals surface area (Å²) in [4.78, 5) is 51.6. The maximum atomic E-state index is 13.2. The van der Waals surface area contributed by atoms with Gasteiger partial charge in [0.2, 0.25) is 0 Å². The van der Waals surface area contributed by atoms with E-state index in [2.05, 4.69) is 6.92 Å². The van der Waals surface area contributed by atoms with Crippen LogP contribution in [0, 0.1) is 11.8 Å². The molecule has 0 aromatic rings. The lowest BCUT2D eigenvalue weighted by Gasteiger charge is -2.40. The number of fused-ring (bicyclic) bond motifs is 3. The molecule has 41 heavy (non-hydrogen) atoms. The van der Waals surface area contributed by atoms with E-state index in [0.717, 1.165) is 25.7 Å². The van der Waals surface area contributed by atoms with Gasteiger partial charge < -0.3 is 28.8 Å². The Kier molecular flexibility index (Phi) is 10.5. The van der Waals surface area contributed by atoms with Gasteiger partial charge in [0.25, 0.3) is 0 Å². The highest BCUT2D eigenvalue weighted by molar-refractivity contribution is 5.88. The van der Waals surface area contributed by atoms with E-state index in [9.17, 15) is 24.3 Å². The molecule has 0 aromatic heterocycles. The summed E-state index contributed by atoms with van der Waals surface area (Å²) < 4.78 is 29.7. The molecule has 2 aliphatic carbocycles. The molecule has 1 N–H and O–H groups in total. The third-order valence-electron chi connectivity index (χ3n) is 9.05. The second-order valence-corrected chi connectivity index (χ2v) is 11.8. The maximum absolute atomic E-state index is 13.2. The number of esters is 4. The quantitative estimate of drug-likeness (QED) is 0.125. The average Bonchev–Trinajstić information content (AvgIpc) is 3.29. The van der Waals surface area contributed by atoms with Gasteiger partial charge in [-0.15, -0.1) is 0 Å². The van der Waals surface area contributed by atoms with Gasteiger partial charge >= 0.3 is 23.9 Å². The van der Waals surface area contributed by atoms with Gasteiger partial charge in [-0.3, -0.25) is 14.4 Å². The topological polar surface area (TPSA) is 135 Å². The van der Waals surface area contributed by atoms with E-state index >= 15 is 0 Å². The van der Waals surface area contributed by atoms with Crippen LogP contribution < -0.4 is 0 Å². The van der Waals surface area contributed by atoms with Crippen LogP contribution in [0.2, 0.25) is 0 Å². The van der Waals surface area contributed by atoms with Gasteiger partial charge in [-0.25, -0.2) is 4.79 Å². The van der Waals surface area contributed by atoms with Crippen molar-refractivity contribution in [3.8, 4) is 0 Å². The van der Waals surface area contributed by atoms with Gasteiger partial charge in [0.1, 0.15) is 11.2 Å². The second-order valence-electron chi connectivity index (χ2n) is 11.8. The number of hydrogen-bond acceptors (Lipinski definition) is 10. The van der Waals surface area contributed by atoms with Crippen molar-refractivity contribution in [2.45, 2.75) is 129 Å². The van der Waals surface area contributed by atoms with Crippen LogP contribution in [0.5, 0.6) is 0 Å². The fourth-order valence-electron chi connectivity index (χ4n) is 6.76. The number of rotatable bonds is 11. The number of hydrogen-bond donors (Lipinski definition) is 1. The van der Waals surface area contributed by atoms with Crippen LogP contribution in [0.1, 0.15) is 93.4 Å². The first-order valence-electron chi connectivity index (χ1n) is 14.7. The van der Waals surface area contributed by atoms with Crippen molar-refractivity contribution in [1.82, 2.24) is 0 Å². The van der Waals surface area contributed by atoms with Crippen molar-refractivity contribution in [3.05, 3.63) is 22.8 Å². The third kappa shape index (κ3) is 6.09. The minimum atomic E-state index is -1.50. The first-order chi connectivity index (χ1) is 19.3. The Bertz CT molecular complexity index is 1090. The van der Waals surface area contributed by atoms with Crippen LogP contribution in [0.15, 0.2) is 22.8 Å². The Hall–Kier alpha value is -2.72. The number of ether oxygens (including phenoxy) is 5. The molecule has 3 aliphatic rings. The molecular formula is C31H46O10. The van der Waals surface area contributed by atoms with Gasteiger partial charge in [-0.1, -0.05) is 38.7 Å². The lowest BCUT2D eigenvalue weighted by molar-refractivity contribution is -0.187. The summed E-state index contributed by atoms with van der Waals surface area (Å²) in [6.07, 6.45) is 1.82. The molecule has 2 fully saturated rings. The molecule has 0 radical (unpaired) electrons. The third-order valence-corrected chi connectivity index (χ3v) is 9.05. The Labute approximate surface area is 242 Å². The van der Waals surface area contributed by atoms with E-state index < -0.39 is 71.3 Å². The molecule has 0 amide bonds. The predicted molar refractivity (Wildman–Crippen MR) is 148 cm³/mol. The number of allylic oxidation sites excluding steroid dienone is 1. The van der Waals surface area contributed by atoms with Crippen molar-refractivity contribution in [2.75, 3.05) is 7.11 Å². The normalized spacial score (nSPS) is 34.9. The van der Waals surface area contributed by atoms with Gasteiger partial charge in [0.05, 0.1) is 17.9 Å². The molecular weight excluding hydrogens is 532 g/mol. The molecule has 1 aliphatic heterocycles. The zero-order valence-corrected chi connectivity index (χ0v) is 25.6. The Morgan fingerprint density at radius 1 is 1.12 bits per heavy atom. The molecule has 1 heterocycles. The standard InChI is InChI=1S/C31H46O10/c1-9-11-12-13-14-15-22(34)38-26-24-23(18(4)25(26)39-28(35)17(3)10-2)27-31(37-8,19(5)29(36)40-27)21(33)16-30(24,7)41-20(6)32/h10,19,21,24-27,33H,9,11-16H2,1-8H3. The van der Waals surface area contributed by atoms with E-state index in [1.807, 2.05) is 0 Å². The minimum Gasteiger partial charge on any atom is -0.459 e. The zero-order valence-electron chi connectivity index (χ0n) is 25.6. The summed E-state index contributed by atoms with van der Waals surface area (Å²) in [5, 5.41) is 11.6. The van der Waals surface area contributed by atoms with E-state index in [1.165, 1.54) is 14.0 Å². The summed E-state index contributed by atoms with van der Waals surface area (Å²) in [6.45, 7) is 11.7. The molecule has 0 bridgehead atoms. The van der Waals surface area contributed by atoms with Crippen LogP contribution in [-0.4, -0.2) is 71.7 Å². The van der Waals surface area contributed by atoms with Crippen LogP contribution in [0.3, 0.4) is 0 Å². The van der Waals surface area contributed by atoms with Gasteiger partial charge in [-0.05, 0) is 52.2 Å². The molecule has 1 saturated heterocycles. The number of aliphatic hydroxyl groups is 1. The average molecular weight is 579 g/mol. The molecule has 8 atom stereocenters. The highest BCUT2D eigenvalue weighted by atomic mass is 16.6. The first-order valence-corrected chi connectivity index (χ1v) is 14.7. The van der Waals surface area contributed by atoms with Crippen LogP contribution in [-0.2, 0) is 42.9 Å². The largest absolute Gasteiger partial charge is 0.459 e. The van der Waals surface area contributed by atoms with E-state index in [4.69, 9.17) is 23.7 Å². The summed E-state index contributed by atoms with van der Waals surface area (Å²) in [5.41, 5.74) is -1.61. The van der Waals surface area contributed by atoms with Crippen LogP contribution in [0.25, 0.3) is 0 Å². The van der Waals surface area contributed by atoms with Crippen molar-refractivity contribution in [1.29, 1.82) is 0 Å². The monoisotopic (exact) mass is 578 g/mol. The van der Waals surface area contributed by atoms with Gasteiger partial charge in [0, 0.05) is 32.4 Å². The van der Waals surface area contributed by atoms with E-state index in [-0.39, 0.29) is 12.8 Å². The number of carbonyl (C=O) groups is 4. The fourth-order valence-corrected chi connectivity index (χ4v) is 6.76. The fraction of sp³-hybridized carbons (Fsp3) is 0.742. The first kappa shape index (κ1) is 32.8.